The van der Waals surface area contributed by atoms with Gasteiger partial charge in [0.15, 0.2) is 5.82 Å². The lowest BCUT2D eigenvalue weighted by atomic mass is 10.1. The first-order chi connectivity index (χ1) is 15.5. The molecule has 0 saturated heterocycles. The number of fused-ring (bicyclic) bond motifs is 2. The summed E-state index contributed by atoms with van der Waals surface area (Å²) >= 11 is 1.10. The van der Waals surface area contributed by atoms with Crippen molar-refractivity contribution in [1.29, 1.82) is 0 Å². The molecule has 2 aromatic heterocycles. The van der Waals surface area contributed by atoms with Crippen LogP contribution in [0.1, 0.15) is 12.5 Å². The van der Waals surface area contributed by atoms with E-state index in [9.17, 15) is 14.4 Å². The Morgan fingerprint density at radius 3 is 2.56 bits per heavy atom. The average Bonchev–Trinajstić information content (AvgIpc) is 3.40. The summed E-state index contributed by atoms with van der Waals surface area (Å²) in [6.45, 7) is 5.36. The second-order valence-electron chi connectivity index (χ2n) is 7.05. The van der Waals surface area contributed by atoms with Crippen LogP contribution < -0.4 is 19.7 Å². The number of esters is 1. The van der Waals surface area contributed by atoms with E-state index in [-0.39, 0.29) is 16.3 Å². The third kappa shape index (κ3) is 3.02. The van der Waals surface area contributed by atoms with Crippen LogP contribution in [0, 0.1) is 0 Å². The standard InChI is InChI=1S/C23H16N4O4S/c1-3-12-26-16-10-6-4-8-14(16)18(21(26)29)19-22(30)27-23(32-19)24-20(25-27)15-9-5-7-11-17(15)31-13(2)28/h3-11H,1,12H2,2H3. The van der Waals surface area contributed by atoms with Gasteiger partial charge in [-0.25, -0.2) is 0 Å². The first-order valence-electron chi connectivity index (χ1n) is 9.73. The van der Waals surface area contributed by atoms with Crippen molar-refractivity contribution < 1.29 is 14.3 Å². The summed E-state index contributed by atoms with van der Waals surface area (Å²) in [5.74, 6) is -0.161. The summed E-state index contributed by atoms with van der Waals surface area (Å²) in [5, 5.41) is 4.34. The van der Waals surface area contributed by atoms with Gasteiger partial charge in [0.1, 0.15) is 10.3 Å². The molecule has 3 heterocycles. The fourth-order valence-corrected chi connectivity index (χ4v) is 4.70. The predicted molar refractivity (Wildman–Crippen MR) is 121 cm³/mol. The van der Waals surface area contributed by atoms with Crippen molar-refractivity contribution in [3.8, 4) is 17.1 Å². The lowest BCUT2D eigenvalue weighted by Gasteiger charge is -2.13. The van der Waals surface area contributed by atoms with Gasteiger partial charge in [0.25, 0.3) is 11.5 Å². The molecular formula is C23H16N4O4S. The number of rotatable bonds is 4. The summed E-state index contributed by atoms with van der Waals surface area (Å²) in [6.07, 6.45) is 1.64. The van der Waals surface area contributed by atoms with E-state index in [1.807, 2.05) is 24.3 Å². The van der Waals surface area contributed by atoms with E-state index < -0.39 is 11.5 Å². The quantitative estimate of drug-likeness (QED) is 0.272. The number of amides is 1. The first-order valence-corrected chi connectivity index (χ1v) is 10.5. The molecule has 0 N–H and O–H groups in total. The third-order valence-electron chi connectivity index (χ3n) is 5.00. The fourth-order valence-electron chi connectivity index (χ4n) is 3.70. The monoisotopic (exact) mass is 444 g/mol. The Hall–Kier alpha value is -4.11. The number of hydrogen-bond donors (Lipinski definition) is 0. The second kappa shape index (κ2) is 7.54. The summed E-state index contributed by atoms with van der Waals surface area (Å²) in [5.41, 5.74) is 1.84. The first kappa shape index (κ1) is 19.8. The molecular weight excluding hydrogens is 428 g/mol. The van der Waals surface area contributed by atoms with Crippen LogP contribution in [0.4, 0.5) is 5.69 Å². The van der Waals surface area contributed by atoms with Crippen LogP contribution in [-0.2, 0) is 9.59 Å². The van der Waals surface area contributed by atoms with Crippen LogP contribution in [0.15, 0.2) is 66.0 Å². The maximum Gasteiger partial charge on any atom is 0.308 e. The number of hydrogen-bond acceptors (Lipinski definition) is 7. The van der Waals surface area contributed by atoms with Crippen molar-refractivity contribution in [3.63, 3.8) is 0 Å². The number of benzene rings is 2. The molecule has 0 atom stereocenters. The highest BCUT2D eigenvalue weighted by Crippen LogP contribution is 2.35. The minimum Gasteiger partial charge on any atom is -0.426 e. The van der Waals surface area contributed by atoms with Gasteiger partial charge in [-0.15, -0.1) is 11.7 Å². The summed E-state index contributed by atoms with van der Waals surface area (Å²) < 4.78 is 6.69. The van der Waals surface area contributed by atoms with Gasteiger partial charge in [0.2, 0.25) is 4.96 Å². The Balaban J connectivity index is 1.69. The molecule has 8 nitrogen and oxygen atoms in total. The Morgan fingerprint density at radius 1 is 1.12 bits per heavy atom. The van der Waals surface area contributed by atoms with Gasteiger partial charge < -0.3 is 9.64 Å². The Labute approximate surface area is 185 Å². The molecule has 158 valence electrons. The summed E-state index contributed by atoms with van der Waals surface area (Å²) in [4.78, 5) is 44.2. The van der Waals surface area contributed by atoms with Gasteiger partial charge in [-0.05, 0) is 18.2 Å². The topological polar surface area (TPSA) is 93.9 Å². The number of para-hydroxylation sites is 2. The minimum atomic E-state index is -0.468. The number of aromatic nitrogens is 3. The number of thiazole rings is 1. The van der Waals surface area contributed by atoms with E-state index in [2.05, 4.69) is 16.7 Å². The smallest absolute Gasteiger partial charge is 0.308 e. The maximum absolute atomic E-state index is 13.2. The minimum absolute atomic E-state index is 0.256. The molecule has 0 unspecified atom stereocenters. The lowest BCUT2D eigenvalue weighted by Crippen LogP contribution is -2.32. The molecule has 32 heavy (non-hydrogen) atoms. The van der Waals surface area contributed by atoms with Crippen molar-refractivity contribution >= 4 is 39.4 Å². The van der Waals surface area contributed by atoms with Gasteiger partial charge in [-0.3, -0.25) is 14.4 Å². The van der Waals surface area contributed by atoms with Crippen LogP contribution in [0.5, 0.6) is 5.75 Å². The molecule has 0 spiro atoms. The highest BCUT2D eigenvalue weighted by Gasteiger charge is 2.33. The molecule has 0 saturated carbocycles. The van der Waals surface area contributed by atoms with Crippen molar-refractivity contribution in [2.24, 2.45) is 0 Å². The van der Waals surface area contributed by atoms with Crippen LogP contribution in [0.25, 0.3) is 21.9 Å². The van der Waals surface area contributed by atoms with E-state index in [4.69, 9.17) is 4.74 Å². The Morgan fingerprint density at radius 2 is 1.84 bits per heavy atom. The zero-order chi connectivity index (χ0) is 22.4. The summed E-state index contributed by atoms with van der Waals surface area (Å²) in [6, 6.07) is 14.2. The van der Waals surface area contributed by atoms with Crippen LogP contribution in [0.3, 0.4) is 0 Å². The number of anilines is 1. The lowest BCUT2D eigenvalue weighted by molar-refractivity contribution is -0.131. The largest absolute Gasteiger partial charge is 0.426 e. The molecule has 0 radical (unpaired) electrons. The number of carbonyl (C=O) groups is 2. The van der Waals surface area contributed by atoms with Gasteiger partial charge in [-0.1, -0.05) is 47.7 Å². The Bertz CT molecular complexity index is 1540. The Kier molecular flexibility index (Phi) is 4.67. The number of nitrogens with zero attached hydrogens (tertiary/aromatic N) is 4. The molecule has 0 aliphatic carbocycles. The van der Waals surface area contributed by atoms with Crippen molar-refractivity contribution in [2.75, 3.05) is 11.4 Å². The van der Waals surface area contributed by atoms with Crippen LogP contribution in [-0.4, -0.2) is 33.0 Å². The molecule has 9 heteroatoms. The third-order valence-corrected chi connectivity index (χ3v) is 6.03. The molecule has 0 fully saturated rings. The van der Waals surface area contributed by atoms with E-state index in [1.165, 1.54) is 11.4 Å². The molecule has 1 aliphatic heterocycles. The van der Waals surface area contributed by atoms with E-state index in [0.29, 0.717) is 34.0 Å². The van der Waals surface area contributed by atoms with Crippen LogP contribution in [0.2, 0.25) is 0 Å². The van der Waals surface area contributed by atoms with Gasteiger partial charge in [0.05, 0.1) is 16.8 Å². The predicted octanol–water partition coefficient (Wildman–Crippen LogP) is 2.19. The SMILES string of the molecule is C=CCN1C(=O)C(=c2sc3nc(-c4ccccc4OC(C)=O)nn3c2=O)c2ccccc21. The zero-order valence-corrected chi connectivity index (χ0v) is 17.8. The number of carbonyl (C=O) groups excluding carboxylic acids is 2. The number of ether oxygens (including phenoxy) is 1. The molecule has 1 amide bonds. The molecule has 2 aromatic carbocycles. The van der Waals surface area contributed by atoms with Crippen LogP contribution >= 0.6 is 11.3 Å². The van der Waals surface area contributed by atoms with Gasteiger partial charge >= 0.3 is 5.97 Å². The highest BCUT2D eigenvalue weighted by molar-refractivity contribution is 7.15. The van der Waals surface area contributed by atoms with Gasteiger partial charge in [-0.2, -0.15) is 9.50 Å². The molecule has 0 bridgehead atoms. The van der Waals surface area contributed by atoms with Crippen molar-refractivity contribution in [1.82, 2.24) is 14.6 Å². The maximum atomic E-state index is 13.2. The average molecular weight is 444 g/mol. The molecule has 1 aliphatic rings. The normalized spacial score (nSPS) is 14.7. The van der Waals surface area contributed by atoms with E-state index in [1.54, 1.807) is 35.2 Å². The van der Waals surface area contributed by atoms with E-state index >= 15 is 0 Å². The van der Waals surface area contributed by atoms with Gasteiger partial charge in [0, 0.05) is 19.0 Å². The summed E-state index contributed by atoms with van der Waals surface area (Å²) in [7, 11) is 0. The highest BCUT2D eigenvalue weighted by atomic mass is 32.1. The second-order valence-corrected chi connectivity index (χ2v) is 8.03. The van der Waals surface area contributed by atoms with Crippen molar-refractivity contribution in [2.45, 2.75) is 6.92 Å². The zero-order valence-electron chi connectivity index (χ0n) is 16.9. The van der Waals surface area contributed by atoms with E-state index in [0.717, 1.165) is 17.0 Å². The fraction of sp³-hybridized carbons (Fsp3) is 0.0870. The molecule has 4 aromatic rings. The van der Waals surface area contributed by atoms with Crippen molar-refractivity contribution in [3.05, 3.63) is 81.6 Å². The molecule has 5 rings (SSSR count).